The lowest BCUT2D eigenvalue weighted by Gasteiger charge is -2.20. The molecule has 126 valence electrons. The molecule has 1 unspecified atom stereocenters. The molecule has 1 atom stereocenters. The van der Waals surface area contributed by atoms with Crippen molar-refractivity contribution in [3.8, 4) is 0 Å². The minimum Gasteiger partial charge on any atom is -0.353 e. The standard InChI is InChI=1S/C19H28N2O2/c1-5-13(4)20-17(22)19(11-12-19)18(23)21-16-14(6-2)9-8-10-15(16)7-3/h8-10,13H,5-7,11-12H2,1-4H3,(H,20,22)(H,21,23). The largest absolute Gasteiger partial charge is 0.353 e. The number of anilines is 1. The third kappa shape index (κ3) is 3.57. The zero-order chi connectivity index (χ0) is 17.0. The third-order valence-electron chi connectivity index (χ3n) is 4.85. The molecule has 0 aromatic heterocycles. The third-order valence-corrected chi connectivity index (χ3v) is 4.85. The van der Waals surface area contributed by atoms with Crippen LogP contribution in [0.4, 0.5) is 5.69 Å². The Kier molecular flexibility index (Phi) is 5.45. The number of nitrogens with one attached hydrogen (secondary N) is 2. The fraction of sp³-hybridized carbons (Fsp3) is 0.579. The van der Waals surface area contributed by atoms with Gasteiger partial charge in [0.25, 0.3) is 0 Å². The van der Waals surface area contributed by atoms with Gasteiger partial charge in [-0.25, -0.2) is 0 Å². The van der Waals surface area contributed by atoms with Gasteiger partial charge in [0.15, 0.2) is 0 Å². The summed E-state index contributed by atoms with van der Waals surface area (Å²) in [6, 6.07) is 6.19. The summed E-state index contributed by atoms with van der Waals surface area (Å²) in [5.74, 6) is -0.287. The summed E-state index contributed by atoms with van der Waals surface area (Å²) in [6.07, 6.45) is 3.85. The van der Waals surface area contributed by atoms with Gasteiger partial charge in [-0.05, 0) is 50.2 Å². The van der Waals surface area contributed by atoms with E-state index in [-0.39, 0.29) is 17.9 Å². The number of aryl methyl sites for hydroxylation is 2. The van der Waals surface area contributed by atoms with Crippen LogP contribution in [0.3, 0.4) is 0 Å². The van der Waals surface area contributed by atoms with E-state index in [2.05, 4.69) is 24.5 Å². The lowest BCUT2D eigenvalue weighted by atomic mass is 10.00. The first-order chi connectivity index (χ1) is 11.0. The van der Waals surface area contributed by atoms with Crippen LogP contribution in [0.15, 0.2) is 18.2 Å². The van der Waals surface area contributed by atoms with Gasteiger partial charge in [0.2, 0.25) is 11.8 Å². The van der Waals surface area contributed by atoms with Crippen molar-refractivity contribution in [2.45, 2.75) is 65.8 Å². The van der Waals surface area contributed by atoms with Crippen LogP contribution in [0, 0.1) is 5.41 Å². The molecule has 1 saturated carbocycles. The SMILES string of the molecule is CCc1cccc(CC)c1NC(=O)C1(C(=O)NC(C)CC)CC1. The second-order valence-electron chi connectivity index (χ2n) is 6.48. The molecule has 2 amide bonds. The number of amides is 2. The highest BCUT2D eigenvalue weighted by atomic mass is 16.2. The van der Waals surface area contributed by atoms with Crippen molar-refractivity contribution < 1.29 is 9.59 Å². The van der Waals surface area contributed by atoms with E-state index >= 15 is 0 Å². The van der Waals surface area contributed by atoms with Crippen molar-refractivity contribution in [1.82, 2.24) is 5.32 Å². The van der Waals surface area contributed by atoms with E-state index in [1.807, 2.05) is 32.0 Å². The van der Waals surface area contributed by atoms with Gasteiger partial charge in [-0.1, -0.05) is 39.0 Å². The lowest BCUT2D eigenvalue weighted by Crippen LogP contribution is -2.43. The second kappa shape index (κ2) is 7.16. The molecule has 2 rings (SSSR count). The predicted octanol–water partition coefficient (Wildman–Crippen LogP) is 3.44. The molecule has 0 radical (unpaired) electrons. The van der Waals surface area contributed by atoms with Crippen molar-refractivity contribution in [1.29, 1.82) is 0 Å². The topological polar surface area (TPSA) is 58.2 Å². The van der Waals surface area contributed by atoms with Crippen LogP contribution in [0.5, 0.6) is 0 Å². The van der Waals surface area contributed by atoms with Crippen LogP contribution in [-0.4, -0.2) is 17.9 Å². The first kappa shape index (κ1) is 17.5. The highest BCUT2D eigenvalue weighted by Gasteiger charge is 2.56. The van der Waals surface area contributed by atoms with E-state index < -0.39 is 5.41 Å². The highest BCUT2D eigenvalue weighted by molar-refractivity contribution is 6.13. The van der Waals surface area contributed by atoms with Crippen LogP contribution in [0.2, 0.25) is 0 Å². The number of hydrogen-bond donors (Lipinski definition) is 2. The van der Waals surface area contributed by atoms with Gasteiger partial charge < -0.3 is 10.6 Å². The summed E-state index contributed by atoms with van der Waals surface area (Å²) in [5, 5.41) is 6.01. The van der Waals surface area contributed by atoms with Crippen LogP contribution < -0.4 is 10.6 Å². The van der Waals surface area contributed by atoms with E-state index in [0.29, 0.717) is 12.8 Å². The minimum atomic E-state index is -0.866. The van der Waals surface area contributed by atoms with E-state index in [9.17, 15) is 9.59 Å². The Bertz CT molecular complexity index is 569. The molecular weight excluding hydrogens is 288 g/mol. The molecule has 1 aliphatic rings. The number of benzene rings is 1. The minimum absolute atomic E-state index is 0.0990. The molecule has 2 N–H and O–H groups in total. The van der Waals surface area contributed by atoms with E-state index in [0.717, 1.165) is 36.1 Å². The zero-order valence-electron chi connectivity index (χ0n) is 14.7. The van der Waals surface area contributed by atoms with E-state index in [4.69, 9.17) is 0 Å². The number of carbonyl (C=O) groups is 2. The Balaban J connectivity index is 2.18. The van der Waals surface area contributed by atoms with Crippen molar-refractivity contribution in [3.63, 3.8) is 0 Å². The molecule has 0 aliphatic heterocycles. The lowest BCUT2D eigenvalue weighted by molar-refractivity contribution is -0.134. The Morgan fingerprint density at radius 2 is 1.65 bits per heavy atom. The normalized spacial score (nSPS) is 16.5. The Labute approximate surface area is 139 Å². The summed E-state index contributed by atoms with van der Waals surface area (Å²) in [7, 11) is 0. The molecular formula is C19H28N2O2. The van der Waals surface area contributed by atoms with Crippen LogP contribution in [0.1, 0.15) is 58.1 Å². The fourth-order valence-corrected chi connectivity index (χ4v) is 2.78. The van der Waals surface area contributed by atoms with E-state index in [1.54, 1.807) is 0 Å². The number of rotatable bonds is 7. The molecule has 0 saturated heterocycles. The smallest absolute Gasteiger partial charge is 0.240 e. The number of carbonyl (C=O) groups excluding carboxylic acids is 2. The quantitative estimate of drug-likeness (QED) is 0.757. The molecule has 0 spiro atoms. The van der Waals surface area contributed by atoms with Crippen LogP contribution >= 0.6 is 0 Å². The first-order valence-electron chi connectivity index (χ1n) is 8.71. The van der Waals surface area contributed by atoms with Crippen molar-refractivity contribution in [2.24, 2.45) is 5.41 Å². The number of hydrogen-bond acceptors (Lipinski definition) is 2. The first-order valence-corrected chi connectivity index (χ1v) is 8.71. The monoisotopic (exact) mass is 316 g/mol. The molecule has 1 aliphatic carbocycles. The summed E-state index contributed by atoms with van der Waals surface area (Å²) in [5.41, 5.74) is 2.27. The number of para-hydroxylation sites is 1. The average molecular weight is 316 g/mol. The van der Waals surface area contributed by atoms with Crippen molar-refractivity contribution >= 4 is 17.5 Å². The maximum absolute atomic E-state index is 12.8. The van der Waals surface area contributed by atoms with Crippen LogP contribution in [0.25, 0.3) is 0 Å². The summed E-state index contributed by atoms with van der Waals surface area (Å²) in [6.45, 7) is 8.14. The molecule has 0 bridgehead atoms. The van der Waals surface area contributed by atoms with Gasteiger partial charge in [-0.2, -0.15) is 0 Å². The molecule has 1 fully saturated rings. The highest BCUT2D eigenvalue weighted by Crippen LogP contribution is 2.47. The summed E-state index contributed by atoms with van der Waals surface area (Å²) < 4.78 is 0. The van der Waals surface area contributed by atoms with Gasteiger partial charge in [0.1, 0.15) is 5.41 Å². The maximum Gasteiger partial charge on any atom is 0.240 e. The fourth-order valence-electron chi connectivity index (χ4n) is 2.78. The molecule has 1 aromatic rings. The molecule has 1 aromatic carbocycles. The van der Waals surface area contributed by atoms with Gasteiger partial charge in [0, 0.05) is 11.7 Å². The van der Waals surface area contributed by atoms with Crippen molar-refractivity contribution in [3.05, 3.63) is 29.3 Å². The molecule has 4 heteroatoms. The van der Waals surface area contributed by atoms with Crippen LogP contribution in [-0.2, 0) is 22.4 Å². The summed E-state index contributed by atoms with van der Waals surface area (Å²) >= 11 is 0. The average Bonchev–Trinajstić information content (AvgIpc) is 3.36. The second-order valence-corrected chi connectivity index (χ2v) is 6.48. The predicted molar refractivity (Wildman–Crippen MR) is 93.4 cm³/mol. The van der Waals surface area contributed by atoms with Gasteiger partial charge in [-0.3, -0.25) is 9.59 Å². The Hall–Kier alpha value is -1.84. The molecule has 0 heterocycles. The Morgan fingerprint density at radius 1 is 1.09 bits per heavy atom. The molecule has 23 heavy (non-hydrogen) atoms. The maximum atomic E-state index is 12.8. The van der Waals surface area contributed by atoms with Gasteiger partial charge in [0.05, 0.1) is 0 Å². The molecule has 4 nitrogen and oxygen atoms in total. The Morgan fingerprint density at radius 3 is 2.09 bits per heavy atom. The van der Waals surface area contributed by atoms with Gasteiger partial charge in [-0.15, -0.1) is 0 Å². The van der Waals surface area contributed by atoms with Crippen molar-refractivity contribution in [2.75, 3.05) is 5.32 Å². The van der Waals surface area contributed by atoms with E-state index in [1.165, 1.54) is 0 Å². The summed E-state index contributed by atoms with van der Waals surface area (Å²) in [4.78, 5) is 25.2. The zero-order valence-corrected chi connectivity index (χ0v) is 14.7. The van der Waals surface area contributed by atoms with Gasteiger partial charge >= 0.3 is 0 Å².